The summed E-state index contributed by atoms with van der Waals surface area (Å²) >= 11 is 0. The molecule has 0 atom stereocenters. The smallest absolute Gasteiger partial charge is 0.255 e. The number of anilines is 2. The molecule has 1 aromatic carbocycles. The van der Waals surface area contributed by atoms with Gasteiger partial charge in [0.2, 0.25) is 0 Å². The third kappa shape index (κ3) is 3.32. The lowest BCUT2D eigenvalue weighted by Crippen LogP contribution is -2.15. The first-order valence-corrected chi connectivity index (χ1v) is 6.00. The first-order chi connectivity index (χ1) is 10.0. The van der Waals surface area contributed by atoms with E-state index in [2.05, 4.69) is 15.7 Å². The van der Waals surface area contributed by atoms with Crippen molar-refractivity contribution in [2.24, 2.45) is 5.84 Å². The molecule has 0 saturated heterocycles. The Labute approximate surface area is 120 Å². The van der Waals surface area contributed by atoms with Crippen molar-refractivity contribution < 1.29 is 9.18 Å². The predicted molar refractivity (Wildman–Crippen MR) is 75.9 cm³/mol. The second-order valence-electron chi connectivity index (χ2n) is 4.29. The van der Waals surface area contributed by atoms with Crippen molar-refractivity contribution in [2.75, 3.05) is 10.7 Å². The molecular formula is C14H12FN5O. The highest BCUT2D eigenvalue weighted by atomic mass is 19.1. The molecule has 1 heterocycles. The van der Waals surface area contributed by atoms with Gasteiger partial charge >= 0.3 is 0 Å². The molecular weight excluding hydrogens is 273 g/mol. The number of benzene rings is 1. The summed E-state index contributed by atoms with van der Waals surface area (Å²) in [4.78, 5) is 16.2. The van der Waals surface area contributed by atoms with Crippen LogP contribution in [0.5, 0.6) is 0 Å². The number of carbonyl (C=O) groups excluding carboxylic acids is 1. The number of nitriles is 1. The minimum Gasteiger partial charge on any atom is -0.319 e. The SMILES string of the molecule is Cc1cc(C(=O)Nc2ccc(C#N)cc2F)cc(NN)n1. The van der Waals surface area contributed by atoms with Crippen molar-refractivity contribution >= 4 is 17.4 Å². The zero-order valence-corrected chi connectivity index (χ0v) is 11.1. The van der Waals surface area contributed by atoms with Gasteiger partial charge in [-0.05, 0) is 37.3 Å². The fourth-order valence-corrected chi connectivity index (χ4v) is 1.75. The number of halogens is 1. The number of hydrogen-bond acceptors (Lipinski definition) is 5. The van der Waals surface area contributed by atoms with Crippen molar-refractivity contribution in [1.29, 1.82) is 5.26 Å². The Morgan fingerprint density at radius 2 is 2.14 bits per heavy atom. The van der Waals surface area contributed by atoms with Crippen molar-refractivity contribution in [3.05, 3.63) is 53.0 Å². The van der Waals surface area contributed by atoms with E-state index in [4.69, 9.17) is 11.1 Å². The van der Waals surface area contributed by atoms with E-state index in [0.717, 1.165) is 6.07 Å². The maximum absolute atomic E-state index is 13.7. The summed E-state index contributed by atoms with van der Waals surface area (Å²) in [6.07, 6.45) is 0. The standard InChI is InChI=1S/C14H12FN5O/c1-8-4-10(6-13(18-8)20-17)14(21)19-12-3-2-9(7-16)5-11(12)15/h2-6H,17H2,1H3,(H,18,20)(H,19,21). The molecule has 0 aliphatic rings. The van der Waals surface area contributed by atoms with Crippen LogP contribution in [0, 0.1) is 24.1 Å². The molecule has 6 nitrogen and oxygen atoms in total. The Kier molecular flexibility index (Phi) is 4.11. The highest BCUT2D eigenvalue weighted by Crippen LogP contribution is 2.17. The number of aromatic nitrogens is 1. The van der Waals surface area contributed by atoms with E-state index in [1.807, 2.05) is 6.07 Å². The van der Waals surface area contributed by atoms with Crippen LogP contribution >= 0.6 is 0 Å². The number of aryl methyl sites for hydroxylation is 1. The van der Waals surface area contributed by atoms with Crippen LogP contribution in [0.1, 0.15) is 21.6 Å². The first kappa shape index (κ1) is 14.4. The molecule has 106 valence electrons. The summed E-state index contributed by atoms with van der Waals surface area (Å²) in [6.45, 7) is 1.71. The predicted octanol–water partition coefficient (Wildman–Crippen LogP) is 1.94. The van der Waals surface area contributed by atoms with Crippen LogP contribution in [0.25, 0.3) is 0 Å². The number of hydrazine groups is 1. The molecule has 0 saturated carbocycles. The molecule has 0 radical (unpaired) electrons. The van der Waals surface area contributed by atoms with E-state index in [0.29, 0.717) is 17.1 Å². The molecule has 7 heteroatoms. The number of nitrogens with one attached hydrogen (secondary N) is 2. The second-order valence-corrected chi connectivity index (χ2v) is 4.29. The molecule has 0 unspecified atom stereocenters. The van der Waals surface area contributed by atoms with Crippen molar-refractivity contribution in [3.63, 3.8) is 0 Å². The summed E-state index contributed by atoms with van der Waals surface area (Å²) in [5, 5.41) is 11.1. The number of nitrogen functional groups attached to an aromatic ring is 1. The summed E-state index contributed by atoms with van der Waals surface area (Å²) in [7, 11) is 0. The molecule has 2 rings (SSSR count). The van der Waals surface area contributed by atoms with Gasteiger partial charge in [-0.1, -0.05) is 0 Å². The van der Waals surface area contributed by atoms with Gasteiger partial charge in [-0.2, -0.15) is 5.26 Å². The van der Waals surface area contributed by atoms with E-state index < -0.39 is 11.7 Å². The Morgan fingerprint density at radius 1 is 1.38 bits per heavy atom. The van der Waals surface area contributed by atoms with E-state index in [1.165, 1.54) is 18.2 Å². The van der Waals surface area contributed by atoms with Gasteiger partial charge in [-0.25, -0.2) is 15.2 Å². The Hall–Kier alpha value is -2.98. The zero-order chi connectivity index (χ0) is 15.4. The first-order valence-electron chi connectivity index (χ1n) is 6.00. The van der Waals surface area contributed by atoms with Crippen molar-refractivity contribution in [2.45, 2.75) is 6.92 Å². The molecule has 2 aromatic rings. The van der Waals surface area contributed by atoms with Gasteiger partial charge in [0.25, 0.3) is 5.91 Å². The van der Waals surface area contributed by atoms with Gasteiger partial charge in [0.15, 0.2) is 0 Å². The quantitative estimate of drug-likeness (QED) is 0.590. The average Bonchev–Trinajstić information content (AvgIpc) is 2.48. The molecule has 21 heavy (non-hydrogen) atoms. The Balaban J connectivity index is 2.26. The van der Waals surface area contributed by atoms with Crippen LogP contribution in [0.4, 0.5) is 15.9 Å². The fourth-order valence-electron chi connectivity index (χ4n) is 1.75. The molecule has 0 aliphatic heterocycles. The third-order valence-corrected chi connectivity index (χ3v) is 2.71. The summed E-state index contributed by atoms with van der Waals surface area (Å²) < 4.78 is 13.7. The zero-order valence-electron chi connectivity index (χ0n) is 11.1. The fraction of sp³-hybridized carbons (Fsp3) is 0.0714. The normalized spacial score (nSPS) is 9.81. The monoisotopic (exact) mass is 285 g/mol. The van der Waals surface area contributed by atoms with Crippen LogP contribution in [-0.4, -0.2) is 10.9 Å². The lowest BCUT2D eigenvalue weighted by molar-refractivity contribution is 0.102. The van der Waals surface area contributed by atoms with E-state index >= 15 is 0 Å². The molecule has 4 N–H and O–H groups in total. The molecule has 0 bridgehead atoms. The number of pyridine rings is 1. The maximum Gasteiger partial charge on any atom is 0.255 e. The summed E-state index contributed by atoms with van der Waals surface area (Å²) in [6, 6.07) is 8.63. The molecule has 1 amide bonds. The van der Waals surface area contributed by atoms with Crippen LogP contribution in [0.15, 0.2) is 30.3 Å². The molecule has 0 fully saturated rings. The van der Waals surface area contributed by atoms with Crippen molar-refractivity contribution in [1.82, 2.24) is 4.98 Å². The lowest BCUT2D eigenvalue weighted by atomic mass is 10.2. The largest absolute Gasteiger partial charge is 0.319 e. The van der Waals surface area contributed by atoms with E-state index in [1.54, 1.807) is 13.0 Å². The summed E-state index contributed by atoms with van der Waals surface area (Å²) in [5.41, 5.74) is 3.41. The average molecular weight is 285 g/mol. The van der Waals surface area contributed by atoms with Crippen LogP contribution in [0.3, 0.4) is 0 Å². The number of nitrogens with zero attached hydrogens (tertiary/aromatic N) is 2. The second kappa shape index (κ2) is 5.98. The number of rotatable bonds is 3. The van der Waals surface area contributed by atoms with Gasteiger partial charge in [0.05, 0.1) is 17.3 Å². The van der Waals surface area contributed by atoms with Crippen LogP contribution in [0.2, 0.25) is 0 Å². The lowest BCUT2D eigenvalue weighted by Gasteiger charge is -2.08. The number of hydrogen-bond donors (Lipinski definition) is 3. The van der Waals surface area contributed by atoms with Crippen LogP contribution in [-0.2, 0) is 0 Å². The van der Waals surface area contributed by atoms with Crippen molar-refractivity contribution in [3.8, 4) is 6.07 Å². The number of amides is 1. The minimum atomic E-state index is -0.676. The van der Waals surface area contributed by atoms with E-state index in [-0.39, 0.29) is 11.3 Å². The molecule has 1 aromatic heterocycles. The van der Waals surface area contributed by atoms with Gasteiger partial charge in [0, 0.05) is 11.3 Å². The van der Waals surface area contributed by atoms with Crippen LogP contribution < -0.4 is 16.6 Å². The molecule has 0 aliphatic carbocycles. The Morgan fingerprint density at radius 3 is 2.76 bits per heavy atom. The Bertz CT molecular complexity index is 739. The van der Waals surface area contributed by atoms with Gasteiger partial charge in [-0.15, -0.1) is 0 Å². The molecule has 0 spiro atoms. The minimum absolute atomic E-state index is 0.00396. The highest BCUT2D eigenvalue weighted by Gasteiger charge is 2.11. The maximum atomic E-state index is 13.7. The highest BCUT2D eigenvalue weighted by molar-refractivity contribution is 6.04. The van der Waals surface area contributed by atoms with Gasteiger partial charge in [-0.3, -0.25) is 4.79 Å². The third-order valence-electron chi connectivity index (χ3n) is 2.71. The van der Waals surface area contributed by atoms with Gasteiger partial charge in [0.1, 0.15) is 11.6 Å². The number of nitrogens with two attached hydrogens (primary N) is 1. The summed E-state index contributed by atoms with van der Waals surface area (Å²) in [5.74, 6) is 4.42. The van der Waals surface area contributed by atoms with E-state index in [9.17, 15) is 9.18 Å². The van der Waals surface area contributed by atoms with Gasteiger partial charge < -0.3 is 10.7 Å². The number of carbonyl (C=O) groups is 1. The topological polar surface area (TPSA) is 104 Å².